The van der Waals surface area contributed by atoms with Gasteiger partial charge in [-0.25, -0.2) is 4.79 Å². The molecular weight excluding hydrogens is 246 g/mol. The first-order chi connectivity index (χ1) is 9.06. The highest BCUT2D eigenvalue weighted by molar-refractivity contribution is 5.84. The first-order valence-electron chi connectivity index (χ1n) is 6.80. The average molecular weight is 267 g/mol. The minimum absolute atomic E-state index is 0.0147. The highest BCUT2D eigenvalue weighted by Crippen LogP contribution is 2.23. The van der Waals surface area contributed by atoms with E-state index in [0.29, 0.717) is 18.3 Å². The van der Waals surface area contributed by atoms with Crippen molar-refractivity contribution in [1.29, 1.82) is 0 Å². The Kier molecular flexibility index (Phi) is 4.61. The van der Waals surface area contributed by atoms with Gasteiger partial charge in [-0.15, -0.1) is 0 Å². The standard InChI is InChI=1S/C14H21NO4/c1-10(16)8-11-4-2-3-7-15(11)9-12-5-6-13(19-12)14(17)18/h5-6,10-11,16H,2-4,7-9H2,1H3,(H,17,18). The molecule has 0 radical (unpaired) electrons. The number of hydrogen-bond donors (Lipinski definition) is 2. The molecule has 1 aromatic heterocycles. The molecule has 2 unspecified atom stereocenters. The number of carbonyl (C=O) groups is 1. The Labute approximate surface area is 112 Å². The smallest absolute Gasteiger partial charge is 0.371 e. The first-order valence-corrected chi connectivity index (χ1v) is 6.80. The second-order valence-electron chi connectivity index (χ2n) is 5.28. The molecule has 0 aromatic carbocycles. The van der Waals surface area contributed by atoms with Gasteiger partial charge >= 0.3 is 5.97 Å². The van der Waals surface area contributed by atoms with Gasteiger partial charge in [0.25, 0.3) is 0 Å². The molecule has 106 valence electrons. The van der Waals surface area contributed by atoms with Gasteiger partial charge in [0, 0.05) is 6.04 Å². The molecule has 1 aliphatic rings. The van der Waals surface area contributed by atoms with E-state index in [9.17, 15) is 9.90 Å². The van der Waals surface area contributed by atoms with Crippen LogP contribution in [0, 0.1) is 0 Å². The average Bonchev–Trinajstić information content (AvgIpc) is 2.80. The van der Waals surface area contributed by atoms with E-state index in [-0.39, 0.29) is 11.9 Å². The molecule has 2 heterocycles. The summed E-state index contributed by atoms with van der Waals surface area (Å²) in [4.78, 5) is 13.1. The van der Waals surface area contributed by atoms with Crippen LogP contribution in [0.5, 0.6) is 0 Å². The Morgan fingerprint density at radius 3 is 2.95 bits per heavy atom. The molecular formula is C14H21NO4. The number of likely N-dealkylation sites (tertiary alicyclic amines) is 1. The lowest BCUT2D eigenvalue weighted by Gasteiger charge is -2.35. The van der Waals surface area contributed by atoms with Crippen LogP contribution in [0.3, 0.4) is 0 Å². The monoisotopic (exact) mass is 267 g/mol. The van der Waals surface area contributed by atoms with E-state index in [0.717, 1.165) is 25.8 Å². The lowest BCUT2D eigenvalue weighted by molar-refractivity contribution is 0.0644. The van der Waals surface area contributed by atoms with Crippen LogP contribution in [0.25, 0.3) is 0 Å². The maximum atomic E-state index is 10.8. The van der Waals surface area contributed by atoms with Crippen LogP contribution >= 0.6 is 0 Å². The Morgan fingerprint density at radius 2 is 2.32 bits per heavy atom. The number of rotatable bonds is 5. The summed E-state index contributed by atoms with van der Waals surface area (Å²) in [5, 5.41) is 18.4. The minimum Gasteiger partial charge on any atom is -0.475 e. The molecule has 0 saturated carbocycles. The van der Waals surface area contributed by atoms with Crippen molar-refractivity contribution in [3.8, 4) is 0 Å². The molecule has 1 fully saturated rings. The number of aromatic carboxylic acids is 1. The largest absolute Gasteiger partial charge is 0.475 e. The molecule has 5 heteroatoms. The fourth-order valence-corrected chi connectivity index (χ4v) is 2.71. The zero-order valence-corrected chi connectivity index (χ0v) is 11.2. The predicted molar refractivity (Wildman–Crippen MR) is 70.0 cm³/mol. The topological polar surface area (TPSA) is 73.9 Å². The third-order valence-electron chi connectivity index (χ3n) is 3.59. The lowest BCUT2D eigenvalue weighted by atomic mass is 9.97. The summed E-state index contributed by atoms with van der Waals surface area (Å²) in [6.07, 6.45) is 3.86. The van der Waals surface area contributed by atoms with E-state index in [4.69, 9.17) is 9.52 Å². The molecule has 1 saturated heterocycles. The van der Waals surface area contributed by atoms with Crippen molar-refractivity contribution in [2.24, 2.45) is 0 Å². The third-order valence-corrected chi connectivity index (χ3v) is 3.59. The van der Waals surface area contributed by atoms with Gasteiger partial charge < -0.3 is 14.6 Å². The fourth-order valence-electron chi connectivity index (χ4n) is 2.71. The normalized spacial score (nSPS) is 22.3. The number of furan rings is 1. The van der Waals surface area contributed by atoms with Gasteiger partial charge in [-0.05, 0) is 44.9 Å². The molecule has 1 aliphatic heterocycles. The van der Waals surface area contributed by atoms with Crippen molar-refractivity contribution >= 4 is 5.97 Å². The van der Waals surface area contributed by atoms with E-state index in [1.54, 1.807) is 6.07 Å². The summed E-state index contributed by atoms with van der Waals surface area (Å²) in [5.41, 5.74) is 0. The van der Waals surface area contributed by atoms with Gasteiger partial charge in [-0.3, -0.25) is 4.90 Å². The van der Waals surface area contributed by atoms with Crippen LogP contribution < -0.4 is 0 Å². The second kappa shape index (κ2) is 6.21. The van der Waals surface area contributed by atoms with Crippen molar-refractivity contribution in [1.82, 2.24) is 4.90 Å². The summed E-state index contributed by atoms with van der Waals surface area (Å²) < 4.78 is 5.30. The van der Waals surface area contributed by atoms with Gasteiger partial charge in [0.15, 0.2) is 0 Å². The number of aliphatic hydroxyl groups excluding tert-OH is 1. The second-order valence-corrected chi connectivity index (χ2v) is 5.28. The summed E-state index contributed by atoms with van der Waals surface area (Å²) in [6, 6.07) is 3.56. The third kappa shape index (κ3) is 3.81. The molecule has 0 aliphatic carbocycles. The molecule has 2 rings (SSSR count). The molecule has 2 N–H and O–H groups in total. The van der Waals surface area contributed by atoms with E-state index in [1.807, 2.05) is 6.92 Å². The first kappa shape index (κ1) is 14.1. The van der Waals surface area contributed by atoms with E-state index >= 15 is 0 Å². The number of aliphatic hydroxyl groups is 1. The van der Waals surface area contributed by atoms with Crippen LogP contribution in [0.4, 0.5) is 0 Å². The summed E-state index contributed by atoms with van der Waals surface area (Å²) in [7, 11) is 0. The van der Waals surface area contributed by atoms with Crippen molar-refractivity contribution < 1.29 is 19.4 Å². The number of carboxylic acids is 1. The Hall–Kier alpha value is -1.33. The molecule has 0 spiro atoms. The highest BCUT2D eigenvalue weighted by atomic mass is 16.4. The number of carboxylic acid groups (broad SMARTS) is 1. The molecule has 0 bridgehead atoms. The van der Waals surface area contributed by atoms with Crippen molar-refractivity contribution in [3.63, 3.8) is 0 Å². The molecule has 5 nitrogen and oxygen atoms in total. The van der Waals surface area contributed by atoms with Gasteiger partial charge in [0.2, 0.25) is 5.76 Å². The van der Waals surface area contributed by atoms with Gasteiger partial charge in [0.1, 0.15) is 5.76 Å². The van der Waals surface area contributed by atoms with Crippen LogP contribution in [-0.2, 0) is 6.54 Å². The number of hydrogen-bond acceptors (Lipinski definition) is 4. The van der Waals surface area contributed by atoms with Crippen molar-refractivity contribution in [3.05, 3.63) is 23.7 Å². The van der Waals surface area contributed by atoms with Crippen LogP contribution in [0.15, 0.2) is 16.5 Å². The quantitative estimate of drug-likeness (QED) is 0.854. The number of nitrogens with zero attached hydrogens (tertiary/aromatic N) is 1. The maximum absolute atomic E-state index is 10.8. The van der Waals surface area contributed by atoms with Crippen molar-refractivity contribution in [2.75, 3.05) is 6.54 Å². The highest BCUT2D eigenvalue weighted by Gasteiger charge is 2.24. The maximum Gasteiger partial charge on any atom is 0.371 e. The lowest BCUT2D eigenvalue weighted by Crippen LogP contribution is -2.40. The van der Waals surface area contributed by atoms with Crippen LogP contribution in [0.1, 0.15) is 48.9 Å². The number of piperidine rings is 1. The zero-order chi connectivity index (χ0) is 13.8. The molecule has 2 atom stereocenters. The van der Waals surface area contributed by atoms with E-state index in [2.05, 4.69) is 4.90 Å². The van der Waals surface area contributed by atoms with Gasteiger partial charge in [0.05, 0.1) is 12.6 Å². The Morgan fingerprint density at radius 1 is 1.53 bits per heavy atom. The van der Waals surface area contributed by atoms with Crippen molar-refractivity contribution in [2.45, 2.75) is 51.3 Å². The summed E-state index contributed by atoms with van der Waals surface area (Å²) >= 11 is 0. The van der Waals surface area contributed by atoms with Gasteiger partial charge in [-0.1, -0.05) is 6.42 Å². The molecule has 1 aromatic rings. The zero-order valence-electron chi connectivity index (χ0n) is 11.2. The van der Waals surface area contributed by atoms with E-state index < -0.39 is 5.97 Å². The SMILES string of the molecule is CC(O)CC1CCCCN1Cc1ccc(C(=O)O)o1. The van der Waals surface area contributed by atoms with Crippen LogP contribution in [0.2, 0.25) is 0 Å². The molecule has 0 amide bonds. The Bertz CT molecular complexity index is 427. The molecule has 19 heavy (non-hydrogen) atoms. The minimum atomic E-state index is -1.04. The summed E-state index contributed by atoms with van der Waals surface area (Å²) in [5.74, 6) is -0.376. The van der Waals surface area contributed by atoms with E-state index in [1.165, 1.54) is 12.5 Å². The Balaban J connectivity index is 1.99. The predicted octanol–water partition coefficient (Wildman–Crippen LogP) is 2.10. The fraction of sp³-hybridized carbons (Fsp3) is 0.643. The van der Waals surface area contributed by atoms with Gasteiger partial charge in [-0.2, -0.15) is 0 Å². The summed E-state index contributed by atoms with van der Waals surface area (Å²) in [6.45, 7) is 3.40. The van der Waals surface area contributed by atoms with Crippen LogP contribution in [-0.4, -0.2) is 39.8 Å².